The Kier molecular flexibility index (Phi) is 3.28. The van der Waals surface area contributed by atoms with Crippen LogP contribution in [0, 0.1) is 0 Å². The number of aryl methyl sites for hydroxylation is 1. The molecule has 0 fully saturated rings. The van der Waals surface area contributed by atoms with E-state index in [9.17, 15) is 4.79 Å². The molecule has 0 atom stereocenters. The highest BCUT2D eigenvalue weighted by Crippen LogP contribution is 2.30. The predicted molar refractivity (Wildman–Crippen MR) is 89.3 cm³/mol. The first-order valence-electron chi connectivity index (χ1n) is 6.98. The molecule has 0 aromatic carbocycles. The van der Waals surface area contributed by atoms with E-state index in [1.807, 2.05) is 30.0 Å². The third-order valence-corrected chi connectivity index (χ3v) is 5.70. The number of aromatic nitrogens is 3. The number of nitrogens with zero attached hydrogens (tertiary/aromatic N) is 3. The van der Waals surface area contributed by atoms with Crippen LogP contribution < -0.4 is 0 Å². The molecule has 0 saturated carbocycles. The summed E-state index contributed by atoms with van der Waals surface area (Å²) in [6.45, 7) is 0. The van der Waals surface area contributed by atoms with E-state index in [0.29, 0.717) is 0 Å². The highest BCUT2D eigenvalue weighted by molar-refractivity contribution is 7.20. The highest BCUT2D eigenvalue weighted by Gasteiger charge is 2.25. The van der Waals surface area contributed by atoms with Crippen LogP contribution >= 0.6 is 22.7 Å². The van der Waals surface area contributed by atoms with Crippen LogP contribution in [-0.2, 0) is 13.5 Å². The standard InChI is InChI=1S/C16H13N3OS2/c1-19-13-5-4-10(15(20)12(13)8-17-19)7-11-9-22-16(18-11)14-3-2-6-21-14/h2-3,6-9H,4-5H2,1H3/b10-7-. The van der Waals surface area contributed by atoms with Gasteiger partial charge in [0.2, 0.25) is 0 Å². The maximum absolute atomic E-state index is 12.5. The van der Waals surface area contributed by atoms with Crippen molar-refractivity contribution in [1.29, 1.82) is 0 Å². The molecule has 0 radical (unpaired) electrons. The second-order valence-corrected chi connectivity index (χ2v) is 6.99. The van der Waals surface area contributed by atoms with Gasteiger partial charge in [-0.15, -0.1) is 22.7 Å². The summed E-state index contributed by atoms with van der Waals surface area (Å²) in [6, 6.07) is 4.09. The number of ketones is 1. The molecule has 3 aromatic rings. The Morgan fingerprint density at radius 3 is 3.05 bits per heavy atom. The van der Waals surface area contributed by atoms with Crippen molar-refractivity contribution in [2.45, 2.75) is 12.8 Å². The molecule has 0 bridgehead atoms. The second-order valence-electron chi connectivity index (χ2n) is 5.18. The fourth-order valence-corrected chi connectivity index (χ4v) is 4.26. The van der Waals surface area contributed by atoms with E-state index in [1.54, 1.807) is 33.6 Å². The third kappa shape index (κ3) is 2.24. The number of fused-ring (bicyclic) bond motifs is 1. The Morgan fingerprint density at radius 2 is 2.23 bits per heavy atom. The number of carbonyl (C=O) groups excluding carboxylic acids is 1. The number of hydrogen-bond donors (Lipinski definition) is 0. The van der Waals surface area contributed by atoms with Crippen molar-refractivity contribution in [1.82, 2.24) is 14.8 Å². The van der Waals surface area contributed by atoms with E-state index in [0.717, 1.165) is 40.4 Å². The maximum atomic E-state index is 12.5. The molecule has 4 nitrogen and oxygen atoms in total. The molecule has 0 unspecified atom stereocenters. The summed E-state index contributed by atoms with van der Waals surface area (Å²) >= 11 is 3.29. The van der Waals surface area contributed by atoms with Crippen molar-refractivity contribution in [3.8, 4) is 9.88 Å². The van der Waals surface area contributed by atoms with Crippen LogP contribution in [0.3, 0.4) is 0 Å². The minimum Gasteiger partial charge on any atom is -0.289 e. The first-order chi connectivity index (χ1) is 10.7. The van der Waals surface area contributed by atoms with E-state index >= 15 is 0 Å². The van der Waals surface area contributed by atoms with Crippen LogP contribution in [0.2, 0.25) is 0 Å². The van der Waals surface area contributed by atoms with Gasteiger partial charge in [0.1, 0.15) is 5.01 Å². The lowest BCUT2D eigenvalue weighted by Crippen LogP contribution is -2.14. The summed E-state index contributed by atoms with van der Waals surface area (Å²) in [5.41, 5.74) is 3.45. The highest BCUT2D eigenvalue weighted by atomic mass is 32.1. The smallest absolute Gasteiger partial charge is 0.192 e. The van der Waals surface area contributed by atoms with Gasteiger partial charge >= 0.3 is 0 Å². The molecular formula is C16H13N3OS2. The Morgan fingerprint density at radius 1 is 1.32 bits per heavy atom. The zero-order valence-electron chi connectivity index (χ0n) is 11.9. The van der Waals surface area contributed by atoms with Gasteiger partial charge in [-0.25, -0.2) is 4.98 Å². The molecule has 0 aliphatic heterocycles. The predicted octanol–water partition coefficient (Wildman–Crippen LogP) is 3.82. The zero-order chi connectivity index (χ0) is 15.1. The second kappa shape index (κ2) is 5.30. The Bertz CT molecular complexity index is 871. The Balaban J connectivity index is 1.65. The maximum Gasteiger partial charge on any atom is 0.192 e. The molecule has 110 valence electrons. The SMILES string of the molecule is Cn1ncc2c1CC/C(=C/c1csc(-c3cccs3)n1)C2=O. The number of Topliss-reactive ketones (excluding diaryl/α,β-unsaturated/α-hetero) is 1. The average Bonchev–Trinajstić information content (AvgIpc) is 3.23. The van der Waals surface area contributed by atoms with E-state index in [-0.39, 0.29) is 5.78 Å². The minimum absolute atomic E-state index is 0.0834. The summed E-state index contributed by atoms with van der Waals surface area (Å²) < 4.78 is 1.79. The summed E-state index contributed by atoms with van der Waals surface area (Å²) in [7, 11) is 1.88. The van der Waals surface area contributed by atoms with Gasteiger partial charge in [0, 0.05) is 23.7 Å². The number of rotatable bonds is 2. The van der Waals surface area contributed by atoms with Gasteiger partial charge in [0.25, 0.3) is 0 Å². The molecule has 22 heavy (non-hydrogen) atoms. The lowest BCUT2D eigenvalue weighted by Gasteiger charge is -2.14. The van der Waals surface area contributed by atoms with Gasteiger partial charge < -0.3 is 0 Å². The first kappa shape index (κ1) is 13.6. The van der Waals surface area contributed by atoms with Crippen LogP contribution in [0.4, 0.5) is 0 Å². The lowest BCUT2D eigenvalue weighted by atomic mass is 9.91. The summed E-state index contributed by atoms with van der Waals surface area (Å²) in [6.07, 6.45) is 5.19. The number of thiazole rings is 1. The molecule has 0 saturated heterocycles. The molecular weight excluding hydrogens is 314 g/mol. The largest absolute Gasteiger partial charge is 0.289 e. The molecule has 1 aliphatic rings. The molecule has 0 N–H and O–H groups in total. The third-order valence-electron chi connectivity index (χ3n) is 3.81. The van der Waals surface area contributed by atoms with Crippen LogP contribution in [0.1, 0.15) is 28.2 Å². The van der Waals surface area contributed by atoms with Gasteiger partial charge in [-0.2, -0.15) is 5.10 Å². The van der Waals surface area contributed by atoms with Gasteiger partial charge in [-0.1, -0.05) is 6.07 Å². The van der Waals surface area contributed by atoms with E-state index in [1.165, 1.54) is 4.88 Å². The molecule has 4 rings (SSSR count). The molecule has 6 heteroatoms. The van der Waals surface area contributed by atoms with Gasteiger partial charge in [0.05, 0.1) is 22.3 Å². The number of carbonyl (C=O) groups is 1. The number of hydrogen-bond acceptors (Lipinski definition) is 5. The summed E-state index contributed by atoms with van der Waals surface area (Å²) in [4.78, 5) is 18.3. The van der Waals surface area contributed by atoms with E-state index in [4.69, 9.17) is 0 Å². The fourth-order valence-electron chi connectivity index (χ4n) is 2.67. The van der Waals surface area contributed by atoms with Crippen molar-refractivity contribution in [2.24, 2.45) is 7.05 Å². The summed E-state index contributed by atoms with van der Waals surface area (Å²) in [5.74, 6) is 0.0834. The van der Waals surface area contributed by atoms with Crippen molar-refractivity contribution in [3.05, 3.63) is 51.6 Å². The number of thiophene rings is 1. The van der Waals surface area contributed by atoms with Gasteiger partial charge in [-0.3, -0.25) is 9.48 Å². The van der Waals surface area contributed by atoms with E-state index in [2.05, 4.69) is 16.1 Å². The molecule has 3 heterocycles. The average molecular weight is 327 g/mol. The van der Waals surface area contributed by atoms with Crippen molar-refractivity contribution >= 4 is 34.5 Å². The Hall–Kier alpha value is -2.05. The molecule has 3 aromatic heterocycles. The monoisotopic (exact) mass is 327 g/mol. The first-order valence-corrected chi connectivity index (χ1v) is 8.74. The molecule has 1 aliphatic carbocycles. The summed E-state index contributed by atoms with van der Waals surface area (Å²) in [5, 5.41) is 9.24. The van der Waals surface area contributed by atoms with Crippen LogP contribution in [0.15, 0.2) is 34.7 Å². The topological polar surface area (TPSA) is 47.8 Å². The lowest BCUT2D eigenvalue weighted by molar-refractivity contribution is 0.102. The van der Waals surface area contributed by atoms with Crippen molar-refractivity contribution in [3.63, 3.8) is 0 Å². The number of allylic oxidation sites excluding steroid dienone is 1. The fraction of sp³-hybridized carbons (Fsp3) is 0.188. The van der Waals surface area contributed by atoms with Crippen molar-refractivity contribution < 1.29 is 4.79 Å². The molecule has 0 amide bonds. The van der Waals surface area contributed by atoms with E-state index < -0.39 is 0 Å². The zero-order valence-corrected chi connectivity index (χ0v) is 13.6. The minimum atomic E-state index is 0.0834. The molecule has 0 spiro atoms. The van der Waals surface area contributed by atoms with Crippen LogP contribution in [0.25, 0.3) is 16.0 Å². The van der Waals surface area contributed by atoms with Crippen LogP contribution in [0.5, 0.6) is 0 Å². The van der Waals surface area contributed by atoms with Gasteiger partial charge in [0.15, 0.2) is 5.78 Å². The van der Waals surface area contributed by atoms with Crippen molar-refractivity contribution in [2.75, 3.05) is 0 Å². The van der Waals surface area contributed by atoms with Gasteiger partial charge in [-0.05, 0) is 30.4 Å². The van der Waals surface area contributed by atoms with Crippen LogP contribution in [-0.4, -0.2) is 20.5 Å². The quantitative estimate of drug-likeness (QED) is 0.672. The Labute approximate surface area is 135 Å². The normalized spacial score (nSPS) is 16.2.